The molecule has 138 valence electrons. The number of nitrogens with zero attached hydrogens (tertiary/aromatic N) is 4. The van der Waals surface area contributed by atoms with Crippen LogP contribution in [-0.2, 0) is 11.0 Å². The van der Waals surface area contributed by atoms with Gasteiger partial charge in [0.15, 0.2) is 0 Å². The number of nitrogens with one attached hydrogen (secondary N) is 2. The van der Waals surface area contributed by atoms with Crippen LogP contribution in [0.3, 0.4) is 0 Å². The Kier molecular flexibility index (Phi) is 5.92. The number of halogens is 1. The van der Waals surface area contributed by atoms with Crippen LogP contribution in [0.2, 0.25) is 5.15 Å². The largest absolute Gasteiger partial charge is 0.354 e. The first-order valence-corrected chi connectivity index (χ1v) is 9.91. The van der Waals surface area contributed by atoms with Crippen molar-refractivity contribution in [1.82, 2.24) is 29.9 Å². The molecule has 0 saturated carbocycles. The second-order valence-electron chi connectivity index (χ2n) is 5.76. The number of carbonyl (C=O) groups is 1. The van der Waals surface area contributed by atoms with Crippen LogP contribution < -0.4 is 10.6 Å². The van der Waals surface area contributed by atoms with Crippen LogP contribution in [0.5, 0.6) is 0 Å². The molecule has 2 atom stereocenters. The summed E-state index contributed by atoms with van der Waals surface area (Å²) in [5.74, 6) is -0.306. The first-order valence-electron chi connectivity index (χ1n) is 8.02. The second-order valence-corrected chi connectivity index (χ2v) is 7.46. The van der Waals surface area contributed by atoms with E-state index in [-0.39, 0.29) is 17.6 Å². The summed E-state index contributed by atoms with van der Waals surface area (Å²) >= 11 is 6.23. The van der Waals surface area contributed by atoms with Crippen molar-refractivity contribution in [2.45, 2.75) is 6.04 Å². The molecule has 2 aromatic rings. The minimum Gasteiger partial charge on any atom is -0.354 e. The van der Waals surface area contributed by atoms with Gasteiger partial charge in [-0.1, -0.05) is 11.6 Å². The van der Waals surface area contributed by atoms with Crippen molar-refractivity contribution in [3.05, 3.63) is 40.9 Å². The molecule has 1 fully saturated rings. The van der Waals surface area contributed by atoms with E-state index in [1.807, 2.05) is 10.4 Å². The van der Waals surface area contributed by atoms with Crippen LogP contribution >= 0.6 is 11.6 Å². The van der Waals surface area contributed by atoms with E-state index in [4.69, 9.17) is 11.6 Å². The predicted molar refractivity (Wildman–Crippen MR) is 100 cm³/mol. The summed E-state index contributed by atoms with van der Waals surface area (Å²) in [5, 5.41) is 6.15. The Balaban J connectivity index is 2.00. The summed E-state index contributed by atoms with van der Waals surface area (Å²) in [6.07, 6.45) is 2.99. The molecule has 3 rings (SSSR count). The summed E-state index contributed by atoms with van der Waals surface area (Å²) in [4.78, 5) is 24.3. The van der Waals surface area contributed by atoms with Gasteiger partial charge in [-0.2, -0.15) is 0 Å². The van der Waals surface area contributed by atoms with E-state index in [0.29, 0.717) is 29.6 Å². The van der Waals surface area contributed by atoms with Crippen molar-refractivity contribution in [3.63, 3.8) is 0 Å². The van der Waals surface area contributed by atoms with Crippen molar-refractivity contribution in [3.8, 4) is 11.4 Å². The Labute approximate surface area is 159 Å². The zero-order valence-corrected chi connectivity index (χ0v) is 16.0. The third-order valence-electron chi connectivity index (χ3n) is 4.11. The molecule has 0 radical (unpaired) electrons. The van der Waals surface area contributed by atoms with Gasteiger partial charge in [-0.25, -0.2) is 23.5 Å². The van der Waals surface area contributed by atoms with E-state index in [2.05, 4.69) is 25.6 Å². The predicted octanol–water partition coefficient (Wildman–Crippen LogP) is 0.791. The molecule has 1 saturated heterocycles. The number of hydrogen-bond donors (Lipinski definition) is 2. The van der Waals surface area contributed by atoms with Gasteiger partial charge in [0.2, 0.25) is 0 Å². The van der Waals surface area contributed by atoms with Crippen LogP contribution in [0, 0.1) is 0 Å². The van der Waals surface area contributed by atoms with Gasteiger partial charge in [-0.3, -0.25) is 4.79 Å². The Morgan fingerprint density at radius 2 is 2.15 bits per heavy atom. The van der Waals surface area contributed by atoms with Gasteiger partial charge in [-0.05, 0) is 23.8 Å². The SMILES string of the molecule is CNC(=O)c1cc(-c2cc([C@@H]3CNCCN3S(C)=O)cc(Cl)n2)ncn1. The number of rotatable bonds is 4. The summed E-state index contributed by atoms with van der Waals surface area (Å²) in [7, 11) is 0.437. The lowest BCUT2D eigenvalue weighted by Crippen LogP contribution is -2.46. The molecule has 3 heterocycles. The van der Waals surface area contributed by atoms with Gasteiger partial charge in [0.25, 0.3) is 5.91 Å². The zero-order valence-electron chi connectivity index (χ0n) is 14.4. The Morgan fingerprint density at radius 1 is 1.35 bits per heavy atom. The number of pyridine rings is 1. The van der Waals surface area contributed by atoms with Crippen LogP contribution in [0.4, 0.5) is 0 Å². The van der Waals surface area contributed by atoms with Gasteiger partial charge in [0.1, 0.15) is 17.2 Å². The first-order chi connectivity index (χ1) is 12.5. The average Bonchev–Trinajstić information content (AvgIpc) is 2.67. The molecule has 0 spiro atoms. The average molecular weight is 395 g/mol. The molecule has 0 bridgehead atoms. The lowest BCUT2D eigenvalue weighted by molar-refractivity contribution is 0.0958. The normalized spacial score (nSPS) is 19.1. The molecule has 26 heavy (non-hydrogen) atoms. The van der Waals surface area contributed by atoms with Gasteiger partial charge >= 0.3 is 0 Å². The Bertz CT molecular complexity index is 849. The molecule has 0 aliphatic carbocycles. The number of amides is 1. The van der Waals surface area contributed by atoms with Crippen LogP contribution in [0.25, 0.3) is 11.4 Å². The van der Waals surface area contributed by atoms with Crippen molar-refractivity contribution in [2.24, 2.45) is 0 Å². The lowest BCUT2D eigenvalue weighted by Gasteiger charge is -2.34. The van der Waals surface area contributed by atoms with Crippen LogP contribution in [-0.4, -0.2) is 62.3 Å². The van der Waals surface area contributed by atoms with E-state index in [0.717, 1.165) is 12.1 Å². The number of piperazine rings is 1. The fourth-order valence-corrected chi connectivity index (χ4v) is 3.99. The Morgan fingerprint density at radius 3 is 2.88 bits per heavy atom. The Hall–Kier alpha value is -1.94. The summed E-state index contributed by atoms with van der Waals surface area (Å²) in [6.45, 7) is 2.12. The van der Waals surface area contributed by atoms with Gasteiger partial charge in [0, 0.05) is 32.9 Å². The number of carbonyl (C=O) groups excluding carboxylic acids is 1. The van der Waals surface area contributed by atoms with E-state index in [1.54, 1.807) is 18.4 Å². The fourth-order valence-electron chi connectivity index (χ4n) is 2.87. The van der Waals surface area contributed by atoms with Gasteiger partial charge in [0.05, 0.1) is 28.4 Å². The minimum atomic E-state index is -1.10. The van der Waals surface area contributed by atoms with Gasteiger partial charge < -0.3 is 10.6 Å². The first kappa shape index (κ1) is 18.8. The summed E-state index contributed by atoms with van der Waals surface area (Å²) in [6, 6.07) is 5.10. The van der Waals surface area contributed by atoms with Crippen molar-refractivity contribution in [1.29, 1.82) is 0 Å². The summed E-state index contributed by atoms with van der Waals surface area (Å²) < 4.78 is 14.0. The maximum atomic E-state index is 12.1. The van der Waals surface area contributed by atoms with Crippen molar-refractivity contribution in [2.75, 3.05) is 32.9 Å². The summed E-state index contributed by atoms with van der Waals surface area (Å²) in [5.41, 5.74) is 2.17. The quantitative estimate of drug-likeness (QED) is 0.744. The molecule has 8 nitrogen and oxygen atoms in total. The highest BCUT2D eigenvalue weighted by Gasteiger charge is 2.27. The highest BCUT2D eigenvalue weighted by molar-refractivity contribution is 7.81. The third-order valence-corrected chi connectivity index (χ3v) is 5.41. The highest BCUT2D eigenvalue weighted by atomic mass is 35.5. The molecule has 2 aromatic heterocycles. The lowest BCUT2D eigenvalue weighted by atomic mass is 10.0. The molecular formula is C16H19ClN6O2S. The number of aromatic nitrogens is 3. The smallest absolute Gasteiger partial charge is 0.269 e. The standard InChI is InChI=1S/C16H19ClN6O2S/c1-18-16(24)13-7-11(20-9-21-13)12-5-10(6-15(17)22-12)14-8-19-3-4-23(14)26(2)25/h5-7,9,14,19H,3-4,8H2,1-2H3,(H,18,24)/t14-,26?/m0/s1. The van der Waals surface area contributed by atoms with Crippen molar-refractivity contribution >= 4 is 28.5 Å². The molecule has 10 heteroatoms. The van der Waals surface area contributed by atoms with E-state index >= 15 is 0 Å². The van der Waals surface area contributed by atoms with E-state index < -0.39 is 11.0 Å². The molecule has 1 aliphatic heterocycles. The van der Waals surface area contributed by atoms with Gasteiger partial charge in [-0.15, -0.1) is 0 Å². The molecule has 2 N–H and O–H groups in total. The molecule has 1 amide bonds. The zero-order chi connectivity index (χ0) is 18.7. The van der Waals surface area contributed by atoms with E-state index in [9.17, 15) is 9.00 Å². The topological polar surface area (TPSA) is 100 Å². The fraction of sp³-hybridized carbons (Fsp3) is 0.375. The maximum absolute atomic E-state index is 12.1. The maximum Gasteiger partial charge on any atom is 0.269 e. The monoisotopic (exact) mass is 394 g/mol. The molecule has 1 aliphatic rings. The molecule has 1 unspecified atom stereocenters. The van der Waals surface area contributed by atoms with Crippen LogP contribution in [0.15, 0.2) is 24.5 Å². The minimum absolute atomic E-state index is 0.0888. The molecule has 0 aromatic carbocycles. The van der Waals surface area contributed by atoms with E-state index in [1.165, 1.54) is 13.4 Å². The van der Waals surface area contributed by atoms with Crippen molar-refractivity contribution < 1.29 is 9.00 Å². The third kappa shape index (κ3) is 4.07. The highest BCUT2D eigenvalue weighted by Crippen LogP contribution is 2.28. The van der Waals surface area contributed by atoms with Crippen LogP contribution in [0.1, 0.15) is 22.1 Å². The number of hydrogen-bond acceptors (Lipinski definition) is 6. The second kappa shape index (κ2) is 8.17. The molecular weight excluding hydrogens is 376 g/mol.